The average Bonchev–Trinajstić information content (AvgIpc) is 2.09. The summed E-state index contributed by atoms with van der Waals surface area (Å²) in [6, 6.07) is 0. The number of rotatable bonds is 3. The maximum absolute atomic E-state index is 11.3. The predicted molar refractivity (Wildman–Crippen MR) is 53.5 cm³/mol. The van der Waals surface area contributed by atoms with E-state index < -0.39 is 0 Å². The lowest BCUT2D eigenvalue weighted by Gasteiger charge is -2.24. The van der Waals surface area contributed by atoms with Gasteiger partial charge in [-0.3, -0.25) is 14.9 Å². The van der Waals surface area contributed by atoms with E-state index in [-0.39, 0.29) is 22.3 Å². The van der Waals surface area contributed by atoms with E-state index in [9.17, 15) is 9.59 Å². The van der Waals surface area contributed by atoms with Crippen molar-refractivity contribution in [2.45, 2.75) is 43.6 Å². The summed E-state index contributed by atoms with van der Waals surface area (Å²) in [7, 11) is 0. The first kappa shape index (κ1) is 10.6. The number of carbonyl (C=O) groups is 2. The van der Waals surface area contributed by atoms with Gasteiger partial charge in [0.15, 0.2) is 0 Å². The number of amides is 2. The molecule has 2 unspecified atom stereocenters. The SMILES string of the molecule is CCCCC1SC(C)C(=O)NC1=O. The molecule has 1 aliphatic rings. The van der Waals surface area contributed by atoms with Gasteiger partial charge in [0.25, 0.3) is 0 Å². The molecule has 1 saturated heterocycles. The maximum Gasteiger partial charge on any atom is 0.239 e. The molecule has 13 heavy (non-hydrogen) atoms. The molecule has 0 radical (unpaired) electrons. The van der Waals surface area contributed by atoms with Gasteiger partial charge in [-0.2, -0.15) is 0 Å². The van der Waals surface area contributed by atoms with E-state index in [1.54, 1.807) is 0 Å². The average molecular weight is 201 g/mol. The zero-order valence-corrected chi connectivity index (χ0v) is 8.82. The summed E-state index contributed by atoms with van der Waals surface area (Å²) in [6.07, 6.45) is 3.02. The van der Waals surface area contributed by atoms with Crippen LogP contribution < -0.4 is 5.32 Å². The van der Waals surface area contributed by atoms with Crippen LogP contribution in [0.4, 0.5) is 0 Å². The van der Waals surface area contributed by atoms with Gasteiger partial charge < -0.3 is 0 Å². The highest BCUT2D eigenvalue weighted by Gasteiger charge is 2.31. The fourth-order valence-corrected chi connectivity index (χ4v) is 2.42. The van der Waals surface area contributed by atoms with Gasteiger partial charge in [-0.15, -0.1) is 11.8 Å². The Balaban J connectivity index is 2.46. The molecule has 0 aromatic rings. The lowest BCUT2D eigenvalue weighted by molar-refractivity contribution is -0.130. The third kappa shape index (κ3) is 2.72. The van der Waals surface area contributed by atoms with Crippen LogP contribution in [0, 0.1) is 0 Å². The van der Waals surface area contributed by atoms with Crippen LogP contribution in [0.5, 0.6) is 0 Å². The molecule has 1 fully saturated rings. The van der Waals surface area contributed by atoms with Crippen molar-refractivity contribution in [2.75, 3.05) is 0 Å². The summed E-state index contributed by atoms with van der Waals surface area (Å²) >= 11 is 1.48. The number of thioether (sulfide) groups is 1. The number of nitrogens with one attached hydrogen (secondary N) is 1. The molecular weight excluding hydrogens is 186 g/mol. The number of carbonyl (C=O) groups excluding carboxylic acids is 2. The highest BCUT2D eigenvalue weighted by atomic mass is 32.2. The Hall–Kier alpha value is -0.510. The Bertz CT molecular complexity index is 218. The highest BCUT2D eigenvalue weighted by Crippen LogP contribution is 2.25. The zero-order valence-electron chi connectivity index (χ0n) is 8.00. The summed E-state index contributed by atoms with van der Waals surface area (Å²) in [5.74, 6) is -0.260. The molecule has 74 valence electrons. The van der Waals surface area contributed by atoms with Crippen LogP contribution in [0.25, 0.3) is 0 Å². The summed E-state index contributed by atoms with van der Waals surface area (Å²) < 4.78 is 0. The van der Waals surface area contributed by atoms with Crippen molar-refractivity contribution >= 4 is 23.6 Å². The summed E-state index contributed by atoms with van der Waals surface area (Å²) in [5.41, 5.74) is 0. The second-order valence-electron chi connectivity index (χ2n) is 3.26. The van der Waals surface area contributed by atoms with Crippen molar-refractivity contribution in [1.29, 1.82) is 0 Å². The molecule has 0 saturated carbocycles. The minimum absolute atomic E-state index is 0.0207. The van der Waals surface area contributed by atoms with E-state index in [2.05, 4.69) is 12.2 Å². The Morgan fingerprint density at radius 2 is 2.08 bits per heavy atom. The minimum atomic E-state index is -0.150. The molecule has 0 spiro atoms. The van der Waals surface area contributed by atoms with Crippen molar-refractivity contribution in [3.8, 4) is 0 Å². The molecular formula is C9H15NO2S. The second-order valence-corrected chi connectivity index (χ2v) is 4.81. The van der Waals surface area contributed by atoms with E-state index in [0.717, 1.165) is 19.3 Å². The third-order valence-electron chi connectivity index (χ3n) is 2.10. The molecule has 1 N–H and O–H groups in total. The van der Waals surface area contributed by atoms with Crippen LogP contribution in [0.15, 0.2) is 0 Å². The van der Waals surface area contributed by atoms with Crippen LogP contribution in [-0.2, 0) is 9.59 Å². The molecule has 2 amide bonds. The molecule has 4 heteroatoms. The monoisotopic (exact) mass is 201 g/mol. The van der Waals surface area contributed by atoms with Gasteiger partial charge in [0.2, 0.25) is 11.8 Å². The van der Waals surface area contributed by atoms with Crippen molar-refractivity contribution in [3.63, 3.8) is 0 Å². The van der Waals surface area contributed by atoms with E-state index >= 15 is 0 Å². The first-order chi connectivity index (χ1) is 6.15. The molecule has 2 atom stereocenters. The summed E-state index contributed by atoms with van der Waals surface area (Å²) in [5, 5.41) is 2.28. The van der Waals surface area contributed by atoms with Gasteiger partial charge in [-0.05, 0) is 13.3 Å². The van der Waals surface area contributed by atoms with Crippen LogP contribution in [0.2, 0.25) is 0 Å². The Morgan fingerprint density at radius 1 is 1.38 bits per heavy atom. The number of hydrogen-bond donors (Lipinski definition) is 1. The Kier molecular flexibility index (Phi) is 3.78. The fourth-order valence-electron chi connectivity index (χ4n) is 1.26. The Morgan fingerprint density at radius 3 is 2.69 bits per heavy atom. The van der Waals surface area contributed by atoms with E-state index in [1.165, 1.54) is 11.8 Å². The van der Waals surface area contributed by atoms with Crippen molar-refractivity contribution < 1.29 is 9.59 Å². The van der Waals surface area contributed by atoms with Gasteiger partial charge in [0.05, 0.1) is 10.5 Å². The van der Waals surface area contributed by atoms with Crippen LogP contribution in [0.1, 0.15) is 33.1 Å². The van der Waals surface area contributed by atoms with Crippen molar-refractivity contribution in [2.24, 2.45) is 0 Å². The maximum atomic E-state index is 11.3. The third-order valence-corrected chi connectivity index (χ3v) is 3.50. The molecule has 0 aromatic carbocycles. The standard InChI is InChI=1S/C9H15NO2S/c1-3-4-5-7-9(12)10-8(11)6(2)13-7/h6-7H,3-5H2,1-2H3,(H,10,11,12). The van der Waals surface area contributed by atoms with Gasteiger partial charge in [0.1, 0.15) is 0 Å². The van der Waals surface area contributed by atoms with Gasteiger partial charge in [0, 0.05) is 0 Å². The quantitative estimate of drug-likeness (QED) is 0.701. The smallest absolute Gasteiger partial charge is 0.239 e. The normalized spacial score (nSPS) is 28.8. The largest absolute Gasteiger partial charge is 0.295 e. The minimum Gasteiger partial charge on any atom is -0.295 e. The number of imide groups is 1. The van der Waals surface area contributed by atoms with Gasteiger partial charge in [-0.25, -0.2) is 0 Å². The zero-order chi connectivity index (χ0) is 9.84. The molecule has 1 rings (SSSR count). The molecule has 0 bridgehead atoms. The lowest BCUT2D eigenvalue weighted by atomic mass is 10.2. The van der Waals surface area contributed by atoms with Gasteiger partial charge in [-0.1, -0.05) is 19.8 Å². The molecule has 0 aromatic heterocycles. The van der Waals surface area contributed by atoms with Crippen molar-refractivity contribution in [1.82, 2.24) is 5.32 Å². The van der Waals surface area contributed by atoms with E-state index in [0.29, 0.717) is 0 Å². The molecule has 0 aliphatic carbocycles. The van der Waals surface area contributed by atoms with Crippen LogP contribution in [-0.4, -0.2) is 22.3 Å². The molecule has 1 aliphatic heterocycles. The summed E-state index contributed by atoms with van der Waals surface area (Å²) in [4.78, 5) is 22.4. The number of unbranched alkanes of at least 4 members (excludes halogenated alkanes) is 1. The fraction of sp³-hybridized carbons (Fsp3) is 0.778. The van der Waals surface area contributed by atoms with E-state index in [4.69, 9.17) is 0 Å². The molecule has 1 heterocycles. The van der Waals surface area contributed by atoms with Crippen LogP contribution >= 0.6 is 11.8 Å². The highest BCUT2D eigenvalue weighted by molar-refractivity contribution is 8.02. The number of hydrogen-bond acceptors (Lipinski definition) is 3. The van der Waals surface area contributed by atoms with Gasteiger partial charge >= 0.3 is 0 Å². The van der Waals surface area contributed by atoms with Crippen LogP contribution in [0.3, 0.4) is 0 Å². The van der Waals surface area contributed by atoms with Crippen molar-refractivity contribution in [3.05, 3.63) is 0 Å². The van der Waals surface area contributed by atoms with E-state index in [1.807, 2.05) is 6.92 Å². The Labute approximate surface area is 82.6 Å². The lowest BCUT2D eigenvalue weighted by Crippen LogP contribution is -2.47. The molecule has 3 nitrogen and oxygen atoms in total. The topological polar surface area (TPSA) is 46.2 Å². The first-order valence-corrected chi connectivity index (χ1v) is 5.59. The second kappa shape index (κ2) is 4.65. The summed E-state index contributed by atoms with van der Waals surface area (Å²) in [6.45, 7) is 3.94. The predicted octanol–water partition coefficient (Wildman–Crippen LogP) is 1.32. The first-order valence-electron chi connectivity index (χ1n) is 4.65.